The average molecular weight is 341 g/mol. The zero-order valence-electron chi connectivity index (χ0n) is 13.6. The van der Waals surface area contributed by atoms with Crippen LogP contribution in [0.1, 0.15) is 12.0 Å². The molecule has 0 saturated carbocycles. The van der Waals surface area contributed by atoms with Gasteiger partial charge in [0, 0.05) is 24.2 Å². The second-order valence-corrected chi connectivity index (χ2v) is 5.83. The lowest BCUT2D eigenvalue weighted by molar-refractivity contribution is -0.143. The van der Waals surface area contributed by atoms with Crippen LogP contribution >= 0.6 is 0 Å². The van der Waals surface area contributed by atoms with Gasteiger partial charge in [-0.3, -0.25) is 5.41 Å². The van der Waals surface area contributed by atoms with Crippen molar-refractivity contribution >= 4 is 17.6 Å². The highest BCUT2D eigenvalue weighted by Crippen LogP contribution is 2.22. The van der Waals surface area contributed by atoms with E-state index >= 15 is 0 Å². The van der Waals surface area contributed by atoms with Crippen LogP contribution in [0, 0.1) is 5.41 Å². The number of aromatic nitrogens is 2. The Bertz CT molecular complexity index is 761. The maximum absolute atomic E-state index is 10.6. The van der Waals surface area contributed by atoms with Gasteiger partial charge >= 0.3 is 5.97 Å². The molecule has 0 amide bonds. The summed E-state index contributed by atoms with van der Waals surface area (Å²) < 4.78 is 5.32. The number of nitrogen functional groups attached to an aromatic ring is 1. The lowest BCUT2D eigenvalue weighted by atomic mass is 10.1. The van der Waals surface area contributed by atoms with Gasteiger partial charge in [0.2, 0.25) is 0 Å². The second kappa shape index (κ2) is 7.27. The molecule has 1 aromatic heterocycles. The van der Waals surface area contributed by atoms with Crippen molar-refractivity contribution in [2.45, 2.75) is 12.5 Å². The molecule has 25 heavy (non-hydrogen) atoms. The number of carboxylic acid groups (broad SMARTS) is 1. The predicted molar refractivity (Wildman–Crippen MR) is 92.7 cm³/mol. The minimum Gasteiger partial charge on any atom is -0.480 e. The van der Waals surface area contributed by atoms with Crippen molar-refractivity contribution < 1.29 is 14.6 Å². The largest absolute Gasteiger partial charge is 0.480 e. The van der Waals surface area contributed by atoms with Crippen LogP contribution in [0.2, 0.25) is 0 Å². The summed E-state index contributed by atoms with van der Waals surface area (Å²) in [5, 5.41) is 24.6. The first kappa shape index (κ1) is 16.8. The lowest BCUT2D eigenvalue weighted by Crippen LogP contribution is -2.25. The van der Waals surface area contributed by atoms with Crippen LogP contribution in [0.5, 0.6) is 0 Å². The summed E-state index contributed by atoms with van der Waals surface area (Å²) in [4.78, 5) is 12.6. The third-order valence-electron chi connectivity index (χ3n) is 4.05. The Hall–Kier alpha value is -3.00. The van der Waals surface area contributed by atoms with Crippen molar-refractivity contribution in [2.75, 3.05) is 24.6 Å². The van der Waals surface area contributed by atoms with Gasteiger partial charge in [0.25, 0.3) is 0 Å². The molecule has 8 heteroatoms. The Morgan fingerprint density at radius 3 is 2.64 bits per heavy atom. The molecule has 130 valence electrons. The maximum atomic E-state index is 10.6. The van der Waals surface area contributed by atoms with E-state index in [9.17, 15) is 4.79 Å². The molecule has 0 spiro atoms. The van der Waals surface area contributed by atoms with E-state index in [4.69, 9.17) is 21.0 Å². The Morgan fingerprint density at radius 2 is 2.04 bits per heavy atom. The number of benzene rings is 1. The fourth-order valence-corrected chi connectivity index (χ4v) is 2.73. The van der Waals surface area contributed by atoms with Gasteiger partial charge in [0.1, 0.15) is 12.4 Å². The molecule has 0 radical (unpaired) electrons. The first-order valence-electron chi connectivity index (χ1n) is 7.90. The molecule has 4 N–H and O–H groups in total. The zero-order chi connectivity index (χ0) is 17.8. The van der Waals surface area contributed by atoms with Gasteiger partial charge in [-0.05, 0) is 18.6 Å². The van der Waals surface area contributed by atoms with Crippen molar-refractivity contribution in [1.29, 1.82) is 5.41 Å². The van der Waals surface area contributed by atoms with Crippen molar-refractivity contribution in [1.82, 2.24) is 10.2 Å². The van der Waals surface area contributed by atoms with Gasteiger partial charge in [-0.2, -0.15) is 0 Å². The number of ether oxygens (including phenoxy) is 1. The molecule has 2 aromatic rings. The number of rotatable bonds is 6. The van der Waals surface area contributed by atoms with Gasteiger partial charge in [-0.15, -0.1) is 10.2 Å². The SMILES string of the molecule is N=C(N)c1ccc(-c2ccc(N3CCC(OCC(=O)O)C3)nn2)cc1. The van der Waals surface area contributed by atoms with Crippen LogP contribution < -0.4 is 10.6 Å². The number of amidine groups is 1. The topological polar surface area (TPSA) is 125 Å². The van der Waals surface area contributed by atoms with Gasteiger partial charge in [-0.1, -0.05) is 24.3 Å². The third-order valence-corrected chi connectivity index (χ3v) is 4.05. The molecule has 8 nitrogen and oxygen atoms in total. The number of hydrogen-bond donors (Lipinski definition) is 3. The minimum absolute atomic E-state index is 0.0293. The zero-order valence-corrected chi connectivity index (χ0v) is 13.6. The maximum Gasteiger partial charge on any atom is 0.329 e. The van der Waals surface area contributed by atoms with E-state index in [1.54, 1.807) is 12.1 Å². The Kier molecular flexibility index (Phi) is 4.90. The molecule has 1 fully saturated rings. The van der Waals surface area contributed by atoms with Gasteiger partial charge in [0.05, 0.1) is 11.8 Å². The van der Waals surface area contributed by atoms with E-state index in [0.29, 0.717) is 12.1 Å². The fraction of sp³-hybridized carbons (Fsp3) is 0.294. The third kappa shape index (κ3) is 4.10. The Balaban J connectivity index is 1.64. The van der Waals surface area contributed by atoms with E-state index in [2.05, 4.69) is 10.2 Å². The lowest BCUT2D eigenvalue weighted by Gasteiger charge is -2.16. The molecule has 1 atom stereocenters. The standard InChI is InChI=1S/C17H19N5O3/c18-17(19)12-3-1-11(2-4-12)14-5-6-15(21-20-14)22-8-7-13(9-22)25-10-16(23)24/h1-6,13H,7-10H2,(H3,18,19)(H,23,24). The minimum atomic E-state index is -0.960. The summed E-state index contributed by atoms with van der Waals surface area (Å²) in [6.45, 7) is 1.08. The number of carboxylic acids is 1. The molecule has 1 aliphatic rings. The van der Waals surface area contributed by atoms with E-state index in [1.165, 1.54) is 0 Å². The van der Waals surface area contributed by atoms with Crippen molar-refractivity contribution in [2.24, 2.45) is 5.73 Å². The fourth-order valence-electron chi connectivity index (χ4n) is 2.73. The Morgan fingerprint density at radius 1 is 1.28 bits per heavy atom. The highest BCUT2D eigenvalue weighted by atomic mass is 16.5. The Labute approximate surface area is 144 Å². The monoisotopic (exact) mass is 341 g/mol. The number of hydrogen-bond acceptors (Lipinski definition) is 6. The smallest absolute Gasteiger partial charge is 0.329 e. The highest BCUT2D eigenvalue weighted by Gasteiger charge is 2.25. The first-order valence-corrected chi connectivity index (χ1v) is 7.90. The molecule has 1 aromatic carbocycles. The highest BCUT2D eigenvalue weighted by molar-refractivity contribution is 5.95. The van der Waals surface area contributed by atoms with Crippen LogP contribution in [-0.2, 0) is 9.53 Å². The summed E-state index contributed by atoms with van der Waals surface area (Å²) in [7, 11) is 0. The van der Waals surface area contributed by atoms with E-state index in [0.717, 1.165) is 30.0 Å². The second-order valence-electron chi connectivity index (χ2n) is 5.83. The number of aliphatic carboxylic acids is 1. The number of nitrogens with two attached hydrogens (primary N) is 1. The summed E-state index contributed by atoms with van der Waals surface area (Å²) >= 11 is 0. The van der Waals surface area contributed by atoms with Gasteiger partial charge in [0.15, 0.2) is 5.82 Å². The number of carbonyl (C=O) groups is 1. The molecular weight excluding hydrogens is 322 g/mol. The first-order chi connectivity index (χ1) is 12.0. The van der Waals surface area contributed by atoms with Crippen LogP contribution in [0.4, 0.5) is 5.82 Å². The molecule has 0 aliphatic carbocycles. The average Bonchev–Trinajstić information content (AvgIpc) is 3.09. The summed E-state index contributed by atoms with van der Waals surface area (Å²) in [6.07, 6.45) is 0.667. The van der Waals surface area contributed by atoms with Crippen LogP contribution in [-0.4, -0.2) is 52.9 Å². The van der Waals surface area contributed by atoms with Gasteiger partial charge < -0.3 is 20.5 Å². The van der Waals surface area contributed by atoms with E-state index < -0.39 is 5.97 Å². The van der Waals surface area contributed by atoms with Crippen molar-refractivity contribution in [3.05, 3.63) is 42.0 Å². The van der Waals surface area contributed by atoms with Crippen LogP contribution in [0.3, 0.4) is 0 Å². The normalized spacial score (nSPS) is 16.8. The quantitative estimate of drug-likeness (QED) is 0.531. The van der Waals surface area contributed by atoms with E-state index in [-0.39, 0.29) is 18.5 Å². The molecule has 1 saturated heterocycles. The van der Waals surface area contributed by atoms with Crippen molar-refractivity contribution in [3.63, 3.8) is 0 Å². The number of nitrogens with zero attached hydrogens (tertiary/aromatic N) is 3. The molecule has 1 aliphatic heterocycles. The molecule has 2 heterocycles. The predicted octanol–water partition coefficient (Wildman–Crippen LogP) is 1.11. The number of anilines is 1. The molecular formula is C17H19N5O3. The van der Waals surface area contributed by atoms with Crippen molar-refractivity contribution in [3.8, 4) is 11.3 Å². The van der Waals surface area contributed by atoms with Gasteiger partial charge in [-0.25, -0.2) is 4.79 Å². The van der Waals surface area contributed by atoms with Crippen LogP contribution in [0.25, 0.3) is 11.3 Å². The summed E-state index contributed by atoms with van der Waals surface area (Å²) in [5.41, 5.74) is 7.74. The molecule has 0 bridgehead atoms. The number of nitrogens with one attached hydrogen (secondary N) is 1. The summed E-state index contributed by atoms with van der Waals surface area (Å²) in [6, 6.07) is 11.0. The van der Waals surface area contributed by atoms with Crippen LogP contribution in [0.15, 0.2) is 36.4 Å². The summed E-state index contributed by atoms with van der Waals surface area (Å²) in [5.74, 6) is -0.189. The molecule has 3 rings (SSSR count). The van der Waals surface area contributed by atoms with E-state index in [1.807, 2.05) is 29.2 Å². The molecule has 1 unspecified atom stereocenters.